The van der Waals surface area contributed by atoms with Crippen LogP contribution in [0.5, 0.6) is 0 Å². The highest BCUT2D eigenvalue weighted by Gasteiger charge is 2.45. The van der Waals surface area contributed by atoms with Gasteiger partial charge in [0.2, 0.25) is 10.0 Å². The van der Waals surface area contributed by atoms with Gasteiger partial charge in [0, 0.05) is 13.1 Å². The average Bonchev–Trinajstić information content (AvgIpc) is 2.83. The molecule has 1 aliphatic heterocycles. The van der Waals surface area contributed by atoms with E-state index in [1.807, 2.05) is 6.07 Å². The quantitative estimate of drug-likeness (QED) is 0.910. The van der Waals surface area contributed by atoms with Gasteiger partial charge >= 0.3 is 5.97 Å². The predicted molar refractivity (Wildman–Crippen MR) is 75.3 cm³/mol. The van der Waals surface area contributed by atoms with Crippen molar-refractivity contribution in [2.45, 2.75) is 18.2 Å². The maximum atomic E-state index is 12.5. The first-order chi connectivity index (χ1) is 9.70. The second-order valence-electron chi connectivity index (χ2n) is 5.21. The molecule has 112 valence electrons. The third kappa shape index (κ3) is 2.75. The summed E-state index contributed by atoms with van der Waals surface area (Å²) >= 11 is 5.93. The van der Waals surface area contributed by atoms with Gasteiger partial charge in [0.25, 0.3) is 0 Å². The van der Waals surface area contributed by atoms with Crippen molar-refractivity contribution in [1.29, 1.82) is 5.26 Å². The highest BCUT2D eigenvalue weighted by atomic mass is 35.5. The van der Waals surface area contributed by atoms with Crippen LogP contribution in [0.1, 0.15) is 18.9 Å². The van der Waals surface area contributed by atoms with E-state index in [2.05, 4.69) is 0 Å². The van der Waals surface area contributed by atoms with Crippen LogP contribution in [0.25, 0.3) is 0 Å². The molecule has 0 bridgehead atoms. The Bertz CT molecular complexity index is 741. The van der Waals surface area contributed by atoms with Crippen molar-refractivity contribution in [2.24, 2.45) is 5.41 Å². The summed E-state index contributed by atoms with van der Waals surface area (Å²) in [5, 5.41) is 17.9. The van der Waals surface area contributed by atoms with E-state index in [0.717, 1.165) is 4.31 Å². The lowest BCUT2D eigenvalue weighted by atomic mass is 9.90. The molecule has 0 saturated carbocycles. The molecular weight excluding hydrogens is 316 g/mol. The molecule has 1 aromatic carbocycles. The lowest BCUT2D eigenvalue weighted by Gasteiger charge is -2.20. The van der Waals surface area contributed by atoms with Crippen molar-refractivity contribution in [3.63, 3.8) is 0 Å². The number of nitriles is 1. The van der Waals surface area contributed by atoms with Crippen LogP contribution in [0.15, 0.2) is 23.1 Å². The molecule has 1 atom stereocenters. The standard InChI is InChI=1S/C13H13ClN2O4S/c1-13(12(17)18)4-5-16(8-13)21(19,20)11-3-2-9(7-15)6-10(11)14/h2-3,6H,4-5,8H2,1H3,(H,17,18). The van der Waals surface area contributed by atoms with E-state index in [4.69, 9.17) is 22.0 Å². The summed E-state index contributed by atoms with van der Waals surface area (Å²) in [6, 6.07) is 5.79. The first-order valence-electron chi connectivity index (χ1n) is 6.14. The second-order valence-corrected chi connectivity index (χ2v) is 7.52. The summed E-state index contributed by atoms with van der Waals surface area (Å²) in [6.45, 7) is 1.55. The van der Waals surface area contributed by atoms with Crippen molar-refractivity contribution < 1.29 is 18.3 Å². The maximum Gasteiger partial charge on any atom is 0.310 e. The number of hydrogen-bond acceptors (Lipinski definition) is 4. The molecule has 0 aliphatic carbocycles. The fraction of sp³-hybridized carbons (Fsp3) is 0.385. The van der Waals surface area contributed by atoms with Crippen molar-refractivity contribution in [1.82, 2.24) is 4.31 Å². The van der Waals surface area contributed by atoms with Gasteiger partial charge in [-0.25, -0.2) is 8.42 Å². The van der Waals surface area contributed by atoms with Gasteiger partial charge in [-0.05, 0) is 31.5 Å². The molecule has 1 N–H and O–H groups in total. The lowest BCUT2D eigenvalue weighted by Crippen LogP contribution is -2.35. The van der Waals surface area contributed by atoms with Crippen molar-refractivity contribution in [3.05, 3.63) is 28.8 Å². The summed E-state index contributed by atoms with van der Waals surface area (Å²) in [4.78, 5) is 11.1. The first kappa shape index (κ1) is 15.8. The number of halogens is 1. The van der Waals surface area contributed by atoms with Crippen LogP contribution in [-0.2, 0) is 14.8 Å². The Kier molecular flexibility index (Phi) is 3.97. The summed E-state index contributed by atoms with van der Waals surface area (Å²) in [5.74, 6) is -1.02. The Hall–Kier alpha value is -1.62. The molecule has 2 rings (SSSR count). The molecule has 6 nitrogen and oxygen atoms in total. The minimum Gasteiger partial charge on any atom is -0.481 e. The first-order valence-corrected chi connectivity index (χ1v) is 7.96. The van der Waals surface area contributed by atoms with Gasteiger partial charge in [-0.15, -0.1) is 0 Å². The topological polar surface area (TPSA) is 98.5 Å². The van der Waals surface area contributed by atoms with Gasteiger partial charge in [0.05, 0.1) is 22.1 Å². The zero-order valence-corrected chi connectivity index (χ0v) is 12.8. The zero-order valence-electron chi connectivity index (χ0n) is 11.2. The Labute approximate surface area is 127 Å². The van der Waals surface area contributed by atoms with Gasteiger partial charge in [0.15, 0.2) is 0 Å². The Morgan fingerprint density at radius 1 is 1.52 bits per heavy atom. The molecule has 1 unspecified atom stereocenters. The van der Waals surface area contributed by atoms with Crippen LogP contribution >= 0.6 is 11.6 Å². The molecule has 0 amide bonds. The Morgan fingerprint density at radius 3 is 2.67 bits per heavy atom. The molecule has 1 heterocycles. The third-order valence-electron chi connectivity index (χ3n) is 3.63. The predicted octanol–water partition coefficient (Wildman–Crippen LogP) is 1.70. The second kappa shape index (κ2) is 5.30. The van der Waals surface area contributed by atoms with Gasteiger partial charge in [-0.1, -0.05) is 11.6 Å². The molecule has 1 saturated heterocycles. The van der Waals surface area contributed by atoms with Crippen molar-refractivity contribution in [3.8, 4) is 6.07 Å². The van der Waals surface area contributed by atoms with Gasteiger partial charge in [-0.3, -0.25) is 4.79 Å². The molecule has 8 heteroatoms. The number of rotatable bonds is 3. The Balaban J connectivity index is 2.37. The minimum atomic E-state index is -3.87. The van der Waals surface area contributed by atoms with E-state index < -0.39 is 21.4 Å². The van der Waals surface area contributed by atoms with E-state index in [1.165, 1.54) is 25.1 Å². The monoisotopic (exact) mass is 328 g/mol. The smallest absolute Gasteiger partial charge is 0.310 e. The summed E-state index contributed by atoms with van der Waals surface area (Å²) in [5.41, 5.74) is -0.831. The van der Waals surface area contributed by atoms with Crippen LogP contribution in [0.2, 0.25) is 5.02 Å². The van der Waals surface area contributed by atoms with E-state index in [1.54, 1.807) is 0 Å². The molecule has 1 fully saturated rings. The van der Waals surface area contributed by atoms with Crippen LogP contribution in [0, 0.1) is 16.7 Å². The van der Waals surface area contributed by atoms with Gasteiger partial charge < -0.3 is 5.11 Å². The summed E-state index contributed by atoms with van der Waals surface area (Å²) in [7, 11) is -3.87. The van der Waals surface area contributed by atoms with Crippen molar-refractivity contribution in [2.75, 3.05) is 13.1 Å². The molecule has 0 radical (unpaired) electrons. The molecule has 0 aromatic heterocycles. The summed E-state index contributed by atoms with van der Waals surface area (Å²) < 4.78 is 26.2. The van der Waals surface area contributed by atoms with E-state index >= 15 is 0 Å². The SMILES string of the molecule is CC1(C(=O)O)CCN(S(=O)(=O)c2ccc(C#N)cc2Cl)C1. The highest BCUT2D eigenvalue weighted by Crippen LogP contribution is 2.35. The van der Waals surface area contributed by atoms with Crippen molar-refractivity contribution >= 4 is 27.6 Å². The van der Waals surface area contributed by atoms with Gasteiger partial charge in [0.1, 0.15) is 4.90 Å². The van der Waals surface area contributed by atoms with E-state index in [9.17, 15) is 13.2 Å². The lowest BCUT2D eigenvalue weighted by molar-refractivity contribution is -0.146. The maximum absolute atomic E-state index is 12.5. The normalized spacial score (nSPS) is 22.9. The molecular formula is C13H13ClN2O4S. The number of hydrogen-bond donors (Lipinski definition) is 1. The molecule has 0 spiro atoms. The number of carboxylic acids is 1. The fourth-order valence-corrected chi connectivity index (χ4v) is 4.30. The Morgan fingerprint density at radius 2 is 2.19 bits per heavy atom. The van der Waals surface area contributed by atoms with E-state index in [0.29, 0.717) is 0 Å². The number of nitrogens with zero attached hydrogens (tertiary/aromatic N) is 2. The van der Waals surface area contributed by atoms with E-state index in [-0.39, 0.29) is 35.0 Å². The average molecular weight is 329 g/mol. The van der Waals surface area contributed by atoms with Crippen LogP contribution in [0.3, 0.4) is 0 Å². The number of carbonyl (C=O) groups is 1. The van der Waals surface area contributed by atoms with Gasteiger partial charge in [-0.2, -0.15) is 9.57 Å². The zero-order chi connectivity index (χ0) is 15.8. The largest absolute Gasteiger partial charge is 0.481 e. The van der Waals surface area contributed by atoms with Crippen LogP contribution in [-0.4, -0.2) is 36.9 Å². The van der Waals surface area contributed by atoms with Crippen LogP contribution < -0.4 is 0 Å². The fourth-order valence-electron chi connectivity index (χ4n) is 2.22. The highest BCUT2D eigenvalue weighted by molar-refractivity contribution is 7.89. The van der Waals surface area contributed by atoms with Crippen LogP contribution in [0.4, 0.5) is 0 Å². The molecule has 1 aliphatic rings. The minimum absolute atomic E-state index is 0.0435. The number of sulfonamides is 1. The summed E-state index contributed by atoms with van der Waals surface area (Å²) in [6.07, 6.45) is 0.245. The molecule has 21 heavy (non-hydrogen) atoms. The molecule has 1 aromatic rings. The number of aliphatic carboxylic acids is 1. The number of carboxylic acid groups (broad SMARTS) is 1. The third-order valence-corrected chi connectivity index (χ3v) is 5.96. The number of benzene rings is 1.